The van der Waals surface area contributed by atoms with E-state index in [4.69, 9.17) is 9.47 Å². The average Bonchev–Trinajstić information content (AvgIpc) is 2.33. The van der Waals surface area contributed by atoms with E-state index in [-0.39, 0.29) is 11.8 Å². The lowest BCUT2D eigenvalue weighted by Gasteiger charge is -2.23. The molecule has 0 atom stereocenters. The second-order valence-electron chi connectivity index (χ2n) is 4.68. The van der Waals surface area contributed by atoms with Crippen LogP contribution in [0.1, 0.15) is 26.2 Å². The first-order valence-corrected chi connectivity index (χ1v) is 6.93. The molecule has 4 heteroatoms. The third kappa shape index (κ3) is 4.16. The van der Waals surface area contributed by atoms with Crippen molar-refractivity contribution in [3.8, 4) is 11.5 Å². The van der Waals surface area contributed by atoms with Crippen molar-refractivity contribution in [3.05, 3.63) is 24.3 Å². The van der Waals surface area contributed by atoms with Gasteiger partial charge in [0, 0.05) is 12.0 Å². The topological polar surface area (TPSA) is 47.6 Å². The maximum atomic E-state index is 11.6. The summed E-state index contributed by atoms with van der Waals surface area (Å²) in [5, 5.41) is 2.90. The first-order valence-electron chi connectivity index (χ1n) is 6.93. The Bertz CT molecular complexity index is 416. The van der Waals surface area contributed by atoms with Crippen molar-refractivity contribution in [1.29, 1.82) is 0 Å². The van der Waals surface area contributed by atoms with Gasteiger partial charge in [-0.25, -0.2) is 0 Å². The number of benzene rings is 1. The summed E-state index contributed by atoms with van der Waals surface area (Å²) in [5.74, 6) is 1.97. The van der Waals surface area contributed by atoms with E-state index in [1.807, 2.05) is 31.2 Å². The van der Waals surface area contributed by atoms with Gasteiger partial charge in [-0.2, -0.15) is 0 Å². The Morgan fingerprint density at radius 1 is 1.32 bits per heavy atom. The van der Waals surface area contributed by atoms with Crippen LogP contribution in [0.3, 0.4) is 0 Å². The number of amides is 1. The van der Waals surface area contributed by atoms with E-state index >= 15 is 0 Å². The molecular formula is C15H21NO3. The minimum atomic E-state index is 0.165. The lowest BCUT2D eigenvalue weighted by Crippen LogP contribution is -2.36. The molecule has 104 valence electrons. The molecule has 19 heavy (non-hydrogen) atoms. The molecule has 0 radical (unpaired) electrons. The van der Waals surface area contributed by atoms with Crippen molar-refractivity contribution < 1.29 is 14.3 Å². The molecule has 1 N–H and O–H groups in total. The Labute approximate surface area is 114 Å². The minimum absolute atomic E-state index is 0.165. The van der Waals surface area contributed by atoms with Gasteiger partial charge in [0.1, 0.15) is 18.1 Å². The van der Waals surface area contributed by atoms with E-state index in [1.54, 1.807) is 0 Å². The van der Waals surface area contributed by atoms with E-state index in [9.17, 15) is 4.79 Å². The van der Waals surface area contributed by atoms with Gasteiger partial charge in [0.2, 0.25) is 5.91 Å². The molecule has 0 heterocycles. The highest BCUT2D eigenvalue weighted by atomic mass is 16.5. The Balaban J connectivity index is 1.67. The van der Waals surface area contributed by atoms with Gasteiger partial charge in [0.15, 0.2) is 0 Å². The molecule has 0 spiro atoms. The summed E-state index contributed by atoms with van der Waals surface area (Å²) in [5.41, 5.74) is 0. The van der Waals surface area contributed by atoms with Crippen LogP contribution in [0.15, 0.2) is 24.3 Å². The molecule has 2 rings (SSSR count). The molecule has 1 aliphatic carbocycles. The lowest BCUT2D eigenvalue weighted by molar-refractivity contribution is -0.127. The summed E-state index contributed by atoms with van der Waals surface area (Å²) in [6.07, 6.45) is 3.24. The number of ether oxygens (including phenoxy) is 2. The second-order valence-corrected chi connectivity index (χ2v) is 4.68. The molecular weight excluding hydrogens is 242 g/mol. The smallest absolute Gasteiger partial charge is 0.223 e. The van der Waals surface area contributed by atoms with Crippen LogP contribution >= 0.6 is 0 Å². The average molecular weight is 263 g/mol. The van der Waals surface area contributed by atoms with Crippen LogP contribution in [0.25, 0.3) is 0 Å². The maximum Gasteiger partial charge on any atom is 0.223 e. The Hall–Kier alpha value is -1.71. The maximum absolute atomic E-state index is 11.6. The van der Waals surface area contributed by atoms with Gasteiger partial charge in [-0.05, 0) is 31.9 Å². The zero-order chi connectivity index (χ0) is 13.5. The molecule has 0 saturated heterocycles. The number of carbonyl (C=O) groups is 1. The van der Waals surface area contributed by atoms with Crippen molar-refractivity contribution in [2.45, 2.75) is 26.2 Å². The molecule has 1 aromatic rings. The Morgan fingerprint density at radius 3 is 2.68 bits per heavy atom. The minimum Gasteiger partial charge on any atom is -0.494 e. The van der Waals surface area contributed by atoms with Crippen LogP contribution in [0.2, 0.25) is 0 Å². The van der Waals surface area contributed by atoms with E-state index < -0.39 is 0 Å². The summed E-state index contributed by atoms with van der Waals surface area (Å²) in [7, 11) is 0. The van der Waals surface area contributed by atoms with Gasteiger partial charge in [-0.3, -0.25) is 4.79 Å². The normalized spacial score (nSPS) is 14.6. The van der Waals surface area contributed by atoms with Gasteiger partial charge in [-0.15, -0.1) is 0 Å². The van der Waals surface area contributed by atoms with Gasteiger partial charge in [0.05, 0.1) is 13.2 Å². The van der Waals surface area contributed by atoms with E-state index in [0.717, 1.165) is 24.3 Å². The molecule has 1 amide bonds. The zero-order valence-corrected chi connectivity index (χ0v) is 11.4. The third-order valence-corrected chi connectivity index (χ3v) is 3.26. The molecule has 0 aromatic heterocycles. The van der Waals surface area contributed by atoms with Crippen LogP contribution in [-0.2, 0) is 4.79 Å². The predicted molar refractivity (Wildman–Crippen MR) is 73.5 cm³/mol. The highest BCUT2D eigenvalue weighted by Crippen LogP contribution is 2.26. The molecule has 1 saturated carbocycles. The van der Waals surface area contributed by atoms with Crippen molar-refractivity contribution >= 4 is 5.91 Å². The quantitative estimate of drug-likeness (QED) is 0.768. The van der Waals surface area contributed by atoms with E-state index in [0.29, 0.717) is 19.8 Å². The number of hydrogen-bond donors (Lipinski definition) is 1. The first kappa shape index (κ1) is 13.7. The fraction of sp³-hybridized carbons (Fsp3) is 0.533. The summed E-state index contributed by atoms with van der Waals surface area (Å²) < 4.78 is 11.0. The molecule has 1 fully saturated rings. The van der Waals surface area contributed by atoms with Crippen LogP contribution in [0, 0.1) is 5.92 Å². The van der Waals surface area contributed by atoms with Gasteiger partial charge in [0.25, 0.3) is 0 Å². The largest absolute Gasteiger partial charge is 0.494 e. The van der Waals surface area contributed by atoms with Crippen molar-refractivity contribution in [1.82, 2.24) is 5.32 Å². The Kier molecular flexibility index (Phi) is 5.07. The summed E-state index contributed by atoms with van der Waals surface area (Å²) in [6, 6.07) is 7.54. The van der Waals surface area contributed by atoms with E-state index in [1.165, 1.54) is 6.42 Å². The molecule has 0 aliphatic heterocycles. The molecule has 0 bridgehead atoms. The molecule has 1 aromatic carbocycles. The summed E-state index contributed by atoms with van der Waals surface area (Å²) >= 11 is 0. The molecule has 1 aliphatic rings. The fourth-order valence-corrected chi connectivity index (χ4v) is 1.98. The van der Waals surface area contributed by atoms with E-state index in [2.05, 4.69) is 5.32 Å². The second kappa shape index (κ2) is 7.02. The highest BCUT2D eigenvalue weighted by molar-refractivity contribution is 5.79. The zero-order valence-electron chi connectivity index (χ0n) is 11.4. The van der Waals surface area contributed by atoms with Gasteiger partial charge >= 0.3 is 0 Å². The van der Waals surface area contributed by atoms with Crippen LogP contribution < -0.4 is 14.8 Å². The number of nitrogens with one attached hydrogen (secondary N) is 1. The third-order valence-electron chi connectivity index (χ3n) is 3.26. The monoisotopic (exact) mass is 263 g/mol. The summed E-state index contributed by atoms with van der Waals surface area (Å²) in [6.45, 7) is 3.62. The first-order chi connectivity index (χ1) is 9.29. The highest BCUT2D eigenvalue weighted by Gasteiger charge is 2.24. The lowest BCUT2D eigenvalue weighted by atomic mass is 9.85. The van der Waals surface area contributed by atoms with Gasteiger partial charge < -0.3 is 14.8 Å². The number of rotatable bonds is 7. The fourth-order valence-electron chi connectivity index (χ4n) is 1.98. The number of hydrogen-bond acceptors (Lipinski definition) is 3. The Morgan fingerprint density at radius 2 is 2.05 bits per heavy atom. The van der Waals surface area contributed by atoms with Crippen LogP contribution in [-0.4, -0.2) is 25.7 Å². The number of carbonyl (C=O) groups excluding carboxylic acids is 1. The molecule has 0 unspecified atom stereocenters. The predicted octanol–water partition coefficient (Wildman–Crippen LogP) is 2.38. The standard InChI is InChI=1S/C15H21NO3/c1-2-18-13-7-4-8-14(11-13)19-10-9-16-15(17)12-5-3-6-12/h4,7-8,11-12H,2-3,5-6,9-10H2,1H3,(H,16,17). The van der Waals surface area contributed by atoms with Crippen molar-refractivity contribution in [2.75, 3.05) is 19.8 Å². The SMILES string of the molecule is CCOc1cccc(OCCNC(=O)C2CCC2)c1. The van der Waals surface area contributed by atoms with Crippen LogP contribution in [0.5, 0.6) is 11.5 Å². The van der Waals surface area contributed by atoms with Gasteiger partial charge in [-0.1, -0.05) is 12.5 Å². The molecule has 4 nitrogen and oxygen atoms in total. The summed E-state index contributed by atoms with van der Waals surface area (Å²) in [4.78, 5) is 11.6. The van der Waals surface area contributed by atoms with Crippen molar-refractivity contribution in [2.24, 2.45) is 5.92 Å². The van der Waals surface area contributed by atoms with Crippen molar-refractivity contribution in [3.63, 3.8) is 0 Å². The van der Waals surface area contributed by atoms with Crippen LogP contribution in [0.4, 0.5) is 0 Å².